The first-order valence-corrected chi connectivity index (χ1v) is 18.5. The van der Waals surface area contributed by atoms with Gasteiger partial charge in [-0.2, -0.15) is 0 Å². The highest BCUT2D eigenvalue weighted by Gasteiger charge is 2.64. The van der Waals surface area contributed by atoms with Gasteiger partial charge in [0.1, 0.15) is 0 Å². The average Bonchev–Trinajstić information content (AvgIpc) is 3.53. The Labute approximate surface area is 306 Å². The maximum absolute atomic E-state index is 7.09. The summed E-state index contributed by atoms with van der Waals surface area (Å²) < 4.78 is 42.4. The molecule has 7 rings (SSSR count). The van der Waals surface area contributed by atoms with Crippen molar-refractivity contribution in [3.05, 3.63) is 119 Å². The molecule has 0 unspecified atom stereocenters. The Morgan fingerprint density at radius 3 is 1.25 bits per heavy atom. The standard InChI is InChI=1S/C42H53B3O6/c1-37(2)38(3,4)47-43(46-37)34-31(28-22-16-13-17-23-28)35(44-48-39(5,6)40(7,8)49-44)33(30-26-20-15-21-27-30)36(32(34)29-24-18-14-19-25-29)45-50-41(9,10)42(11,12)51-45/h13-27,31,34H,1-12H3/t31-,34+/m1/s1. The van der Waals surface area contributed by atoms with E-state index in [9.17, 15) is 0 Å². The Bertz CT molecular complexity index is 1780. The van der Waals surface area contributed by atoms with Crippen LogP contribution in [-0.2, 0) is 27.9 Å². The maximum Gasteiger partial charge on any atom is 0.495 e. The van der Waals surface area contributed by atoms with Crippen LogP contribution in [-0.4, -0.2) is 55.0 Å². The van der Waals surface area contributed by atoms with E-state index < -0.39 is 55.0 Å². The normalized spacial score (nSPS) is 27.4. The van der Waals surface area contributed by atoms with Crippen molar-refractivity contribution in [2.45, 2.75) is 128 Å². The minimum absolute atomic E-state index is 0.271. The molecule has 3 aliphatic heterocycles. The molecule has 3 saturated heterocycles. The Balaban J connectivity index is 1.64. The highest BCUT2D eigenvalue weighted by molar-refractivity contribution is 6.66. The van der Waals surface area contributed by atoms with Crippen molar-refractivity contribution in [2.75, 3.05) is 0 Å². The van der Waals surface area contributed by atoms with E-state index in [1.54, 1.807) is 0 Å². The molecule has 3 fully saturated rings. The maximum atomic E-state index is 7.09. The second-order valence-electron chi connectivity index (χ2n) is 17.6. The third kappa shape index (κ3) is 6.02. The van der Waals surface area contributed by atoms with Crippen LogP contribution in [0.3, 0.4) is 0 Å². The lowest BCUT2D eigenvalue weighted by Gasteiger charge is -2.42. The minimum atomic E-state index is -0.709. The molecule has 0 saturated carbocycles. The van der Waals surface area contributed by atoms with Gasteiger partial charge in [0.25, 0.3) is 0 Å². The summed E-state index contributed by atoms with van der Waals surface area (Å²) in [6.07, 6.45) is 0. The third-order valence-corrected chi connectivity index (χ3v) is 12.7. The molecule has 6 nitrogen and oxygen atoms in total. The molecule has 1 aliphatic carbocycles. The first kappa shape index (κ1) is 36.5. The van der Waals surface area contributed by atoms with Crippen LogP contribution in [0, 0.1) is 0 Å². The summed E-state index contributed by atoms with van der Waals surface area (Å²) in [4.78, 5) is 0. The fourth-order valence-electron chi connectivity index (χ4n) is 7.69. The summed E-state index contributed by atoms with van der Waals surface area (Å²) in [5, 5.41) is 0. The lowest BCUT2D eigenvalue weighted by atomic mass is 9.44. The summed E-state index contributed by atoms with van der Waals surface area (Å²) in [7, 11) is -2.02. The molecule has 0 radical (unpaired) electrons. The first-order chi connectivity index (χ1) is 23.8. The second kappa shape index (κ2) is 12.3. The Hall–Kier alpha value is -2.91. The molecule has 2 atom stereocenters. The van der Waals surface area contributed by atoms with E-state index in [1.807, 2.05) is 0 Å². The summed E-state index contributed by atoms with van der Waals surface area (Å²) in [5.74, 6) is -0.612. The zero-order valence-corrected chi connectivity index (χ0v) is 32.5. The number of hydrogen-bond donors (Lipinski definition) is 0. The van der Waals surface area contributed by atoms with E-state index in [0.717, 1.165) is 38.8 Å². The molecule has 0 spiro atoms. The molecule has 0 N–H and O–H groups in total. The van der Waals surface area contributed by atoms with Gasteiger partial charge in [-0.1, -0.05) is 91.0 Å². The molecule has 3 heterocycles. The number of hydrogen-bond acceptors (Lipinski definition) is 6. The SMILES string of the molecule is CC1(C)OB(C2=C(c3ccccc3)[C@@H](B3OC(C)(C)C(C)(C)O3)[C@@H](c3ccccc3)C(B3OC(C)(C)C(C)(C)O3)=C2c2ccccc2)OC1(C)C. The van der Waals surface area contributed by atoms with Crippen molar-refractivity contribution in [2.24, 2.45) is 0 Å². The smallest absolute Gasteiger partial charge is 0.403 e. The topological polar surface area (TPSA) is 55.4 Å². The predicted molar refractivity (Wildman–Crippen MR) is 208 cm³/mol. The van der Waals surface area contributed by atoms with Crippen molar-refractivity contribution >= 4 is 32.5 Å². The summed E-state index contributed by atoms with van der Waals surface area (Å²) in [5.41, 5.74) is 3.77. The Morgan fingerprint density at radius 2 is 0.804 bits per heavy atom. The summed E-state index contributed by atoms with van der Waals surface area (Å²) in [6, 6.07) is 31.9. The van der Waals surface area contributed by atoms with Gasteiger partial charge < -0.3 is 27.9 Å². The highest BCUT2D eigenvalue weighted by atomic mass is 16.7. The molecule has 51 heavy (non-hydrogen) atoms. The molecular weight excluding hydrogens is 633 g/mol. The van der Waals surface area contributed by atoms with Crippen molar-refractivity contribution in [3.8, 4) is 0 Å². The van der Waals surface area contributed by atoms with Crippen LogP contribution in [0.5, 0.6) is 0 Å². The Morgan fingerprint density at radius 1 is 0.431 bits per heavy atom. The van der Waals surface area contributed by atoms with Gasteiger partial charge in [0.05, 0.1) is 33.6 Å². The minimum Gasteiger partial charge on any atom is -0.403 e. The Kier molecular flexibility index (Phi) is 8.81. The quantitative estimate of drug-likeness (QED) is 0.241. The van der Waals surface area contributed by atoms with Crippen LogP contribution >= 0.6 is 0 Å². The van der Waals surface area contributed by atoms with E-state index >= 15 is 0 Å². The average molecular weight is 686 g/mol. The van der Waals surface area contributed by atoms with Gasteiger partial charge in [-0.25, -0.2) is 0 Å². The fraction of sp³-hybridized carbons (Fsp3) is 0.476. The highest BCUT2D eigenvalue weighted by Crippen LogP contribution is 2.61. The van der Waals surface area contributed by atoms with Crippen LogP contribution in [0.15, 0.2) is 102 Å². The molecule has 266 valence electrons. The van der Waals surface area contributed by atoms with Gasteiger partial charge in [0, 0.05) is 11.7 Å². The summed E-state index contributed by atoms with van der Waals surface area (Å²) in [6.45, 7) is 25.4. The van der Waals surface area contributed by atoms with Crippen molar-refractivity contribution in [3.63, 3.8) is 0 Å². The third-order valence-electron chi connectivity index (χ3n) is 12.7. The van der Waals surface area contributed by atoms with Gasteiger partial charge in [0.2, 0.25) is 0 Å². The van der Waals surface area contributed by atoms with Gasteiger partial charge in [-0.3, -0.25) is 0 Å². The van der Waals surface area contributed by atoms with Crippen LogP contribution in [0.1, 0.15) is 106 Å². The molecule has 9 heteroatoms. The number of rotatable bonds is 6. The largest absolute Gasteiger partial charge is 0.495 e. The van der Waals surface area contributed by atoms with Crippen LogP contribution in [0.25, 0.3) is 11.1 Å². The van der Waals surface area contributed by atoms with Crippen molar-refractivity contribution in [1.29, 1.82) is 0 Å². The molecule has 0 bridgehead atoms. The fourth-order valence-corrected chi connectivity index (χ4v) is 7.69. The van der Waals surface area contributed by atoms with Gasteiger partial charge in [-0.15, -0.1) is 0 Å². The van der Waals surface area contributed by atoms with Crippen LogP contribution in [0.4, 0.5) is 0 Å². The van der Waals surface area contributed by atoms with E-state index in [1.165, 1.54) is 0 Å². The number of allylic oxidation sites excluding steroid dienone is 4. The molecule has 3 aromatic rings. The van der Waals surface area contributed by atoms with E-state index in [0.29, 0.717) is 0 Å². The monoisotopic (exact) mass is 686 g/mol. The molecule has 4 aliphatic rings. The van der Waals surface area contributed by atoms with Gasteiger partial charge in [-0.05, 0) is 122 Å². The zero-order valence-electron chi connectivity index (χ0n) is 32.5. The van der Waals surface area contributed by atoms with E-state index in [-0.39, 0.29) is 11.7 Å². The molecular formula is C42H53B3O6. The van der Waals surface area contributed by atoms with Crippen LogP contribution in [0.2, 0.25) is 5.82 Å². The lowest BCUT2D eigenvalue weighted by molar-refractivity contribution is 0.00578. The molecule has 3 aromatic carbocycles. The second-order valence-corrected chi connectivity index (χ2v) is 17.6. The van der Waals surface area contributed by atoms with E-state index in [2.05, 4.69) is 174 Å². The van der Waals surface area contributed by atoms with Gasteiger partial charge >= 0.3 is 21.4 Å². The van der Waals surface area contributed by atoms with E-state index in [4.69, 9.17) is 27.9 Å². The molecule has 0 aromatic heterocycles. The lowest BCUT2D eigenvalue weighted by Crippen LogP contribution is -2.41. The van der Waals surface area contributed by atoms with Gasteiger partial charge in [0.15, 0.2) is 0 Å². The van der Waals surface area contributed by atoms with Crippen molar-refractivity contribution < 1.29 is 27.9 Å². The van der Waals surface area contributed by atoms with Crippen LogP contribution < -0.4 is 0 Å². The zero-order chi connectivity index (χ0) is 36.8. The predicted octanol–water partition coefficient (Wildman–Crippen LogP) is 9.42. The number of benzene rings is 3. The molecule has 0 amide bonds. The summed E-state index contributed by atoms with van der Waals surface area (Å²) >= 11 is 0. The first-order valence-electron chi connectivity index (χ1n) is 18.5. The van der Waals surface area contributed by atoms with Crippen molar-refractivity contribution in [1.82, 2.24) is 0 Å².